The molecule has 106 valence electrons. The van der Waals surface area contributed by atoms with Crippen LogP contribution >= 0.6 is 0 Å². The van der Waals surface area contributed by atoms with Gasteiger partial charge in [0.25, 0.3) is 0 Å². The summed E-state index contributed by atoms with van der Waals surface area (Å²) in [6.45, 7) is 4.80. The van der Waals surface area contributed by atoms with Crippen molar-refractivity contribution < 1.29 is 9.53 Å². The smallest absolute Gasteiger partial charge is 0.360 e. The number of aryl methyl sites for hydroxylation is 1. The lowest BCUT2D eigenvalue weighted by molar-refractivity contribution is 0.0518. The average Bonchev–Trinajstić information content (AvgIpc) is 2.84. The first-order valence-corrected chi connectivity index (χ1v) is 6.51. The zero-order chi connectivity index (χ0) is 14.5. The predicted octanol–water partition coefficient (Wildman–Crippen LogP) is 1.27. The molecule has 0 aliphatic rings. The van der Waals surface area contributed by atoms with Crippen LogP contribution in [0, 0.1) is 6.92 Å². The van der Waals surface area contributed by atoms with E-state index in [2.05, 4.69) is 10.3 Å². The van der Waals surface area contributed by atoms with E-state index in [-0.39, 0.29) is 12.2 Å². The zero-order valence-electron chi connectivity index (χ0n) is 11.7. The number of carbonyl (C=O) groups excluding carboxylic acids is 1. The Morgan fingerprint density at radius 3 is 2.80 bits per heavy atom. The average molecular weight is 274 g/mol. The van der Waals surface area contributed by atoms with Crippen molar-refractivity contribution in [3.63, 3.8) is 0 Å². The van der Waals surface area contributed by atoms with Crippen molar-refractivity contribution in [1.29, 1.82) is 0 Å². The minimum Gasteiger partial charge on any atom is -0.461 e. The molecule has 0 amide bonds. The fourth-order valence-corrected chi connectivity index (χ4v) is 1.97. The Kier molecular flexibility index (Phi) is 4.47. The lowest BCUT2D eigenvalue weighted by atomic mass is 10.1. The quantitative estimate of drug-likeness (QED) is 0.830. The van der Waals surface area contributed by atoms with E-state index >= 15 is 0 Å². The minimum atomic E-state index is -0.482. The van der Waals surface area contributed by atoms with Crippen molar-refractivity contribution >= 4 is 5.97 Å². The molecule has 1 heterocycles. The Balaban J connectivity index is 2.29. The molecule has 1 aromatic heterocycles. The summed E-state index contributed by atoms with van der Waals surface area (Å²) in [7, 11) is 0. The van der Waals surface area contributed by atoms with Gasteiger partial charge in [0.1, 0.15) is 0 Å². The number of carbonyl (C=O) groups is 1. The van der Waals surface area contributed by atoms with Gasteiger partial charge >= 0.3 is 5.97 Å². The van der Waals surface area contributed by atoms with Gasteiger partial charge in [0.2, 0.25) is 0 Å². The van der Waals surface area contributed by atoms with Gasteiger partial charge in [-0.25, -0.2) is 9.48 Å². The van der Waals surface area contributed by atoms with Crippen molar-refractivity contribution in [2.75, 3.05) is 6.61 Å². The largest absolute Gasteiger partial charge is 0.461 e. The van der Waals surface area contributed by atoms with Gasteiger partial charge in [0.05, 0.1) is 18.8 Å². The molecule has 0 bridgehead atoms. The van der Waals surface area contributed by atoms with Gasteiger partial charge < -0.3 is 10.5 Å². The third kappa shape index (κ3) is 2.85. The lowest BCUT2D eigenvalue weighted by Crippen LogP contribution is -2.15. The van der Waals surface area contributed by atoms with Gasteiger partial charge in [0.15, 0.2) is 5.69 Å². The van der Waals surface area contributed by atoms with E-state index in [4.69, 9.17) is 10.5 Å². The molecule has 0 saturated heterocycles. The number of esters is 1. The van der Waals surface area contributed by atoms with Crippen LogP contribution < -0.4 is 5.73 Å². The standard InChI is InChI=1S/C14H18N4O2/c1-3-20-14(19)13-12(8-15)18(17-16-13)9-11-7-5-4-6-10(11)2/h4-7H,3,8-9,15H2,1-2H3. The second-order valence-corrected chi connectivity index (χ2v) is 4.39. The molecule has 2 aromatic rings. The molecule has 6 nitrogen and oxygen atoms in total. The van der Waals surface area contributed by atoms with E-state index in [0.717, 1.165) is 11.1 Å². The summed E-state index contributed by atoms with van der Waals surface area (Å²) in [5.74, 6) is -0.482. The van der Waals surface area contributed by atoms with Crippen molar-refractivity contribution in [2.45, 2.75) is 26.9 Å². The van der Waals surface area contributed by atoms with E-state index in [1.54, 1.807) is 11.6 Å². The van der Waals surface area contributed by atoms with Crippen LogP contribution in [0.5, 0.6) is 0 Å². The number of rotatable bonds is 5. The predicted molar refractivity (Wildman–Crippen MR) is 74.2 cm³/mol. The summed E-state index contributed by atoms with van der Waals surface area (Å²) < 4.78 is 6.59. The lowest BCUT2D eigenvalue weighted by Gasteiger charge is -2.08. The van der Waals surface area contributed by atoms with Gasteiger partial charge in [-0.3, -0.25) is 0 Å². The van der Waals surface area contributed by atoms with Gasteiger partial charge in [-0.1, -0.05) is 29.5 Å². The van der Waals surface area contributed by atoms with E-state index in [1.165, 1.54) is 0 Å². The maximum Gasteiger partial charge on any atom is 0.360 e. The van der Waals surface area contributed by atoms with Crippen molar-refractivity contribution in [1.82, 2.24) is 15.0 Å². The third-order valence-corrected chi connectivity index (χ3v) is 3.08. The number of nitrogens with two attached hydrogens (primary N) is 1. The number of ether oxygens (including phenoxy) is 1. The first-order valence-electron chi connectivity index (χ1n) is 6.51. The van der Waals surface area contributed by atoms with Crippen molar-refractivity contribution in [3.05, 3.63) is 46.8 Å². The highest BCUT2D eigenvalue weighted by Gasteiger charge is 2.19. The Morgan fingerprint density at radius 1 is 1.40 bits per heavy atom. The topological polar surface area (TPSA) is 83.0 Å². The molecule has 0 spiro atoms. The molecule has 20 heavy (non-hydrogen) atoms. The SMILES string of the molecule is CCOC(=O)c1nnn(Cc2ccccc2C)c1CN. The van der Waals surface area contributed by atoms with E-state index in [1.807, 2.05) is 31.2 Å². The van der Waals surface area contributed by atoms with Crippen LogP contribution in [0.3, 0.4) is 0 Å². The molecule has 6 heteroatoms. The summed E-state index contributed by atoms with van der Waals surface area (Å²) in [5, 5.41) is 7.90. The van der Waals surface area contributed by atoms with Gasteiger partial charge in [-0.05, 0) is 25.0 Å². The summed E-state index contributed by atoms with van der Waals surface area (Å²) in [5.41, 5.74) is 8.77. The highest BCUT2D eigenvalue weighted by molar-refractivity contribution is 5.88. The molecule has 0 aliphatic heterocycles. The highest BCUT2D eigenvalue weighted by Crippen LogP contribution is 2.12. The molecule has 1 aromatic carbocycles. The van der Waals surface area contributed by atoms with Gasteiger partial charge in [-0.15, -0.1) is 5.10 Å². The molecule has 0 radical (unpaired) electrons. The normalized spacial score (nSPS) is 10.6. The van der Waals surface area contributed by atoms with E-state index < -0.39 is 5.97 Å². The van der Waals surface area contributed by atoms with E-state index in [0.29, 0.717) is 18.8 Å². The van der Waals surface area contributed by atoms with Crippen LogP contribution in [0.25, 0.3) is 0 Å². The van der Waals surface area contributed by atoms with Crippen LogP contribution in [-0.2, 0) is 17.8 Å². The molecule has 0 saturated carbocycles. The summed E-state index contributed by atoms with van der Waals surface area (Å²) in [6, 6.07) is 7.99. The molecule has 0 unspecified atom stereocenters. The van der Waals surface area contributed by atoms with Crippen LogP contribution in [0.2, 0.25) is 0 Å². The van der Waals surface area contributed by atoms with Crippen LogP contribution in [0.4, 0.5) is 0 Å². The molecule has 0 fully saturated rings. The third-order valence-electron chi connectivity index (χ3n) is 3.08. The number of aromatic nitrogens is 3. The summed E-state index contributed by atoms with van der Waals surface area (Å²) >= 11 is 0. The molecule has 0 atom stereocenters. The number of hydrogen-bond donors (Lipinski definition) is 1. The fourth-order valence-electron chi connectivity index (χ4n) is 1.97. The number of benzene rings is 1. The van der Waals surface area contributed by atoms with Gasteiger partial charge in [-0.2, -0.15) is 0 Å². The molecular weight excluding hydrogens is 256 g/mol. The number of hydrogen-bond acceptors (Lipinski definition) is 5. The molecule has 2 N–H and O–H groups in total. The first kappa shape index (κ1) is 14.2. The second-order valence-electron chi connectivity index (χ2n) is 4.39. The molecule has 0 aliphatic carbocycles. The molecular formula is C14H18N4O2. The van der Waals surface area contributed by atoms with Gasteiger partial charge in [0, 0.05) is 6.54 Å². The van der Waals surface area contributed by atoms with Crippen LogP contribution in [-0.4, -0.2) is 27.6 Å². The van der Waals surface area contributed by atoms with Crippen LogP contribution in [0.1, 0.15) is 34.2 Å². The number of nitrogens with zero attached hydrogens (tertiary/aromatic N) is 3. The minimum absolute atomic E-state index is 0.188. The Bertz CT molecular complexity index is 607. The Morgan fingerprint density at radius 2 is 2.15 bits per heavy atom. The fraction of sp³-hybridized carbons (Fsp3) is 0.357. The van der Waals surface area contributed by atoms with Crippen molar-refractivity contribution in [2.24, 2.45) is 5.73 Å². The molecule has 2 rings (SSSR count). The summed E-state index contributed by atoms with van der Waals surface area (Å²) in [4.78, 5) is 11.8. The first-order chi connectivity index (χ1) is 9.67. The Hall–Kier alpha value is -2.21. The van der Waals surface area contributed by atoms with Crippen LogP contribution in [0.15, 0.2) is 24.3 Å². The Labute approximate surface area is 117 Å². The summed E-state index contributed by atoms with van der Waals surface area (Å²) in [6.07, 6.45) is 0. The maximum atomic E-state index is 11.8. The maximum absolute atomic E-state index is 11.8. The van der Waals surface area contributed by atoms with E-state index in [9.17, 15) is 4.79 Å². The highest BCUT2D eigenvalue weighted by atomic mass is 16.5. The van der Waals surface area contributed by atoms with Crippen molar-refractivity contribution in [3.8, 4) is 0 Å². The zero-order valence-corrected chi connectivity index (χ0v) is 11.7. The monoisotopic (exact) mass is 274 g/mol. The second kappa shape index (κ2) is 6.29.